The van der Waals surface area contributed by atoms with E-state index in [1.165, 1.54) is 26.0 Å². The number of anilines is 1. The van der Waals surface area contributed by atoms with Gasteiger partial charge in [-0.25, -0.2) is 4.99 Å². The van der Waals surface area contributed by atoms with E-state index in [1.807, 2.05) is 6.07 Å². The Hall–Kier alpha value is -4.44. The number of methoxy groups -OCH3 is 3. The first kappa shape index (κ1) is 25.6. The molecule has 190 valence electrons. The predicted molar refractivity (Wildman–Crippen MR) is 144 cm³/mol. The lowest BCUT2D eigenvalue weighted by molar-refractivity contribution is -0.118. The van der Waals surface area contributed by atoms with Gasteiger partial charge in [-0.1, -0.05) is 18.2 Å². The zero-order valence-electron chi connectivity index (χ0n) is 20.4. The number of nitrogens with zero attached hydrogens (tertiary/aromatic N) is 1. The van der Waals surface area contributed by atoms with Crippen LogP contribution >= 0.6 is 11.8 Å². The van der Waals surface area contributed by atoms with Gasteiger partial charge in [0.2, 0.25) is 0 Å². The first-order chi connectivity index (χ1) is 18.0. The fourth-order valence-corrected chi connectivity index (χ4v) is 4.22. The van der Waals surface area contributed by atoms with Crippen LogP contribution in [-0.2, 0) is 9.59 Å². The highest BCUT2D eigenvalue weighted by Gasteiger charge is 2.24. The number of hydrogen-bond donors (Lipinski definition) is 2. The Morgan fingerprint density at radius 2 is 1.70 bits per heavy atom. The fraction of sp³-hybridized carbons (Fsp3) is 0.148. The van der Waals surface area contributed by atoms with Gasteiger partial charge in [0.25, 0.3) is 11.8 Å². The van der Waals surface area contributed by atoms with E-state index in [2.05, 4.69) is 15.6 Å². The van der Waals surface area contributed by atoms with Crippen molar-refractivity contribution in [2.75, 3.05) is 33.3 Å². The Morgan fingerprint density at radius 1 is 0.946 bits per heavy atom. The van der Waals surface area contributed by atoms with Crippen molar-refractivity contribution >= 4 is 46.2 Å². The fourth-order valence-electron chi connectivity index (χ4n) is 3.38. The van der Waals surface area contributed by atoms with E-state index in [4.69, 9.17) is 18.9 Å². The molecule has 0 spiro atoms. The maximum absolute atomic E-state index is 12.5. The number of para-hydroxylation sites is 2. The maximum atomic E-state index is 12.5. The molecule has 1 aliphatic heterocycles. The van der Waals surface area contributed by atoms with Crippen LogP contribution < -0.4 is 29.6 Å². The van der Waals surface area contributed by atoms with Crippen molar-refractivity contribution in [3.05, 3.63) is 77.2 Å². The van der Waals surface area contributed by atoms with Gasteiger partial charge >= 0.3 is 0 Å². The van der Waals surface area contributed by atoms with Crippen LogP contribution in [0, 0.1) is 0 Å². The second-order valence-corrected chi connectivity index (χ2v) is 8.66. The van der Waals surface area contributed by atoms with Crippen LogP contribution in [0.4, 0.5) is 11.4 Å². The lowest BCUT2D eigenvalue weighted by atomic mass is 10.2. The zero-order valence-corrected chi connectivity index (χ0v) is 21.3. The molecule has 0 aliphatic carbocycles. The van der Waals surface area contributed by atoms with Gasteiger partial charge in [0.15, 0.2) is 23.3 Å². The third-order valence-corrected chi connectivity index (χ3v) is 6.09. The van der Waals surface area contributed by atoms with Crippen LogP contribution in [0.15, 0.2) is 76.6 Å². The largest absolute Gasteiger partial charge is 0.497 e. The summed E-state index contributed by atoms with van der Waals surface area (Å²) in [6.07, 6.45) is 1.73. The molecule has 0 saturated carbocycles. The van der Waals surface area contributed by atoms with Crippen molar-refractivity contribution in [1.29, 1.82) is 0 Å². The van der Waals surface area contributed by atoms with Crippen LogP contribution in [0.2, 0.25) is 0 Å². The summed E-state index contributed by atoms with van der Waals surface area (Å²) in [6.45, 7) is -0.224. The normalized spacial score (nSPS) is 14.8. The van der Waals surface area contributed by atoms with Crippen LogP contribution in [-0.4, -0.2) is 44.9 Å². The smallest absolute Gasteiger partial charge is 0.264 e. The molecule has 0 aromatic heterocycles. The minimum absolute atomic E-state index is 0.224. The molecular formula is C27H25N3O6S. The van der Waals surface area contributed by atoms with Crippen LogP contribution in [0.3, 0.4) is 0 Å². The van der Waals surface area contributed by atoms with E-state index >= 15 is 0 Å². The van der Waals surface area contributed by atoms with Crippen molar-refractivity contribution in [3.8, 4) is 23.0 Å². The van der Waals surface area contributed by atoms with Crippen molar-refractivity contribution < 1.29 is 28.5 Å². The Bertz CT molecular complexity index is 1350. The molecule has 0 radical (unpaired) electrons. The number of ether oxygens (including phenoxy) is 4. The topological polar surface area (TPSA) is 107 Å². The molecule has 2 amide bonds. The summed E-state index contributed by atoms with van der Waals surface area (Å²) in [6, 6.07) is 19.5. The van der Waals surface area contributed by atoms with E-state index in [0.29, 0.717) is 38.7 Å². The van der Waals surface area contributed by atoms with E-state index in [0.717, 1.165) is 11.3 Å². The number of carbonyl (C=O) groups is 2. The molecule has 1 aliphatic rings. The Kier molecular flexibility index (Phi) is 8.32. The van der Waals surface area contributed by atoms with Crippen LogP contribution in [0.25, 0.3) is 6.08 Å². The van der Waals surface area contributed by atoms with Gasteiger partial charge in [0.1, 0.15) is 11.5 Å². The standard InChI is InChI=1S/C27H25N3O6S/c1-33-19-11-9-18(10-12-19)28-27-30-26(32)24(37-27)15-17-8-13-22(23(14-17)35-3)36-16-25(31)29-20-6-4-5-7-21(20)34-2/h4-15H,16H2,1-3H3,(H,29,31)(H,28,30,32)/b24-15+. The summed E-state index contributed by atoms with van der Waals surface area (Å²) in [4.78, 5) is 29.8. The molecule has 4 rings (SSSR count). The number of aliphatic imine (C=N–C) groups is 1. The van der Waals surface area contributed by atoms with Crippen LogP contribution in [0.1, 0.15) is 5.56 Å². The summed E-state index contributed by atoms with van der Waals surface area (Å²) >= 11 is 1.24. The van der Waals surface area contributed by atoms with Gasteiger partial charge < -0.3 is 29.6 Å². The van der Waals surface area contributed by atoms with E-state index < -0.39 is 0 Å². The number of rotatable bonds is 9. The minimum atomic E-state index is -0.347. The number of benzene rings is 3. The van der Waals surface area contributed by atoms with Gasteiger partial charge in [-0.15, -0.1) is 0 Å². The van der Waals surface area contributed by atoms with Gasteiger partial charge in [-0.2, -0.15) is 0 Å². The second kappa shape index (κ2) is 12.0. The van der Waals surface area contributed by atoms with Crippen molar-refractivity contribution in [2.24, 2.45) is 4.99 Å². The average Bonchev–Trinajstić information content (AvgIpc) is 3.26. The molecule has 37 heavy (non-hydrogen) atoms. The number of amides is 2. The Morgan fingerprint density at radius 3 is 2.43 bits per heavy atom. The molecule has 3 aromatic rings. The molecule has 10 heteroatoms. The Labute approximate surface area is 218 Å². The highest BCUT2D eigenvalue weighted by molar-refractivity contribution is 8.18. The van der Waals surface area contributed by atoms with E-state index in [9.17, 15) is 9.59 Å². The van der Waals surface area contributed by atoms with Gasteiger partial charge in [-0.05, 0) is 71.9 Å². The summed E-state index contributed by atoms with van der Waals surface area (Å²) in [5.41, 5.74) is 1.98. The summed E-state index contributed by atoms with van der Waals surface area (Å²) in [5.74, 6) is 1.51. The third kappa shape index (κ3) is 6.62. The highest BCUT2D eigenvalue weighted by Crippen LogP contribution is 2.32. The van der Waals surface area contributed by atoms with E-state index in [1.54, 1.807) is 73.8 Å². The molecule has 1 fully saturated rings. The number of nitrogens with one attached hydrogen (secondary N) is 2. The predicted octanol–water partition coefficient (Wildman–Crippen LogP) is 4.62. The van der Waals surface area contributed by atoms with Crippen LogP contribution in [0.5, 0.6) is 23.0 Å². The molecule has 1 heterocycles. The molecule has 3 aromatic carbocycles. The van der Waals surface area contributed by atoms with Gasteiger partial charge in [-0.3, -0.25) is 9.59 Å². The quantitative estimate of drug-likeness (QED) is 0.397. The SMILES string of the molecule is COc1ccc(N=C2NC(=O)/C(=C\c3ccc(OCC(=O)Nc4ccccc4OC)c(OC)c3)S2)cc1. The lowest BCUT2D eigenvalue weighted by Crippen LogP contribution is -2.20. The van der Waals surface area contributed by atoms with Gasteiger partial charge in [0.05, 0.1) is 37.6 Å². The molecule has 1 saturated heterocycles. The molecule has 2 N–H and O–H groups in total. The molecule has 0 atom stereocenters. The summed E-state index contributed by atoms with van der Waals surface area (Å²) in [7, 11) is 4.63. The summed E-state index contributed by atoms with van der Waals surface area (Å²) < 4.78 is 21.5. The third-order valence-electron chi connectivity index (χ3n) is 5.18. The average molecular weight is 520 g/mol. The monoisotopic (exact) mass is 519 g/mol. The second-order valence-electron chi connectivity index (χ2n) is 7.63. The first-order valence-corrected chi connectivity index (χ1v) is 12.0. The molecular weight excluding hydrogens is 494 g/mol. The lowest BCUT2D eigenvalue weighted by Gasteiger charge is -2.13. The van der Waals surface area contributed by atoms with Crippen molar-refractivity contribution in [3.63, 3.8) is 0 Å². The van der Waals surface area contributed by atoms with Gasteiger partial charge in [0, 0.05) is 0 Å². The summed E-state index contributed by atoms with van der Waals surface area (Å²) in [5, 5.41) is 6.01. The van der Waals surface area contributed by atoms with E-state index in [-0.39, 0.29) is 18.4 Å². The zero-order chi connectivity index (χ0) is 26.2. The number of hydrogen-bond acceptors (Lipinski definition) is 8. The molecule has 0 unspecified atom stereocenters. The van der Waals surface area contributed by atoms with Crippen molar-refractivity contribution in [2.45, 2.75) is 0 Å². The highest BCUT2D eigenvalue weighted by atomic mass is 32.2. The first-order valence-electron chi connectivity index (χ1n) is 11.2. The number of amidine groups is 1. The minimum Gasteiger partial charge on any atom is -0.497 e. The molecule has 9 nitrogen and oxygen atoms in total. The maximum Gasteiger partial charge on any atom is 0.264 e. The molecule has 0 bridgehead atoms. The number of thioether (sulfide) groups is 1. The number of carbonyl (C=O) groups excluding carboxylic acids is 2. The van der Waals surface area contributed by atoms with Crippen molar-refractivity contribution in [1.82, 2.24) is 5.32 Å². The Balaban J connectivity index is 1.41.